The van der Waals surface area contributed by atoms with Crippen molar-refractivity contribution in [3.8, 4) is 0 Å². The minimum Gasteiger partial charge on any atom is -0.382 e. The Bertz CT molecular complexity index is 282. The fraction of sp³-hybridized carbons (Fsp3) is 0.727. The number of aromatic nitrogens is 2. The average molecular weight is 210 g/mol. The quantitative estimate of drug-likeness (QED) is 0.758. The molecule has 0 amide bonds. The highest BCUT2D eigenvalue weighted by atomic mass is 15.2. The number of hydrogen-bond donors (Lipinski definition) is 2. The number of nitrogens with zero attached hydrogens (tertiary/aromatic N) is 2. The maximum absolute atomic E-state index is 5.85. The molecule has 1 rings (SSSR count). The third kappa shape index (κ3) is 2.88. The molecule has 3 N–H and O–H groups in total. The van der Waals surface area contributed by atoms with E-state index in [1.165, 1.54) is 12.8 Å². The monoisotopic (exact) mass is 210 g/mol. The van der Waals surface area contributed by atoms with E-state index in [9.17, 15) is 0 Å². The second kappa shape index (κ2) is 5.63. The van der Waals surface area contributed by atoms with E-state index in [4.69, 9.17) is 5.73 Å². The molecule has 4 nitrogen and oxygen atoms in total. The molecule has 1 aromatic heterocycles. The lowest BCUT2D eigenvalue weighted by atomic mass is 10.2. The Morgan fingerprint density at radius 2 is 2.27 bits per heavy atom. The molecule has 0 saturated heterocycles. The van der Waals surface area contributed by atoms with Crippen LogP contribution in [0.25, 0.3) is 0 Å². The summed E-state index contributed by atoms with van der Waals surface area (Å²) >= 11 is 0. The van der Waals surface area contributed by atoms with E-state index in [0.717, 1.165) is 18.7 Å². The Hall–Kier alpha value is -1.19. The topological polar surface area (TPSA) is 57.9 Å². The van der Waals surface area contributed by atoms with Crippen LogP contribution in [0.4, 0.5) is 11.5 Å². The summed E-state index contributed by atoms with van der Waals surface area (Å²) in [5, 5.41) is 6.77. The van der Waals surface area contributed by atoms with Crippen molar-refractivity contribution >= 4 is 11.5 Å². The molecule has 1 atom stereocenters. The van der Waals surface area contributed by atoms with Crippen LogP contribution >= 0.6 is 0 Å². The van der Waals surface area contributed by atoms with Gasteiger partial charge in [-0.05, 0) is 19.8 Å². The highest BCUT2D eigenvalue weighted by Gasteiger charge is 2.15. The van der Waals surface area contributed by atoms with Gasteiger partial charge in [-0.2, -0.15) is 5.10 Å². The molecule has 1 aromatic rings. The second-order valence-electron chi connectivity index (χ2n) is 3.97. The maximum Gasteiger partial charge on any atom is 0.142 e. The van der Waals surface area contributed by atoms with Gasteiger partial charge < -0.3 is 10.6 Å². The van der Waals surface area contributed by atoms with Gasteiger partial charge in [0.2, 0.25) is 0 Å². The number of anilines is 2. The van der Waals surface area contributed by atoms with Crippen molar-refractivity contribution in [2.24, 2.45) is 0 Å². The largest absolute Gasteiger partial charge is 0.382 e. The first kappa shape index (κ1) is 11.9. The number of hydrogen-bond acceptors (Lipinski definition) is 3. The first-order valence-electron chi connectivity index (χ1n) is 5.76. The van der Waals surface area contributed by atoms with Gasteiger partial charge in [-0.1, -0.05) is 20.3 Å². The van der Waals surface area contributed by atoms with Gasteiger partial charge in [0.25, 0.3) is 0 Å². The van der Waals surface area contributed by atoms with E-state index in [2.05, 4.69) is 35.9 Å². The van der Waals surface area contributed by atoms with Gasteiger partial charge in [0.15, 0.2) is 0 Å². The summed E-state index contributed by atoms with van der Waals surface area (Å²) in [6, 6.07) is 0.511. The Balaban J connectivity index is 2.76. The molecule has 15 heavy (non-hydrogen) atoms. The fourth-order valence-electron chi connectivity index (χ4n) is 1.65. The minimum absolute atomic E-state index is 0.511. The molecular weight excluding hydrogens is 188 g/mol. The van der Waals surface area contributed by atoms with Crippen LogP contribution in [0.15, 0.2) is 6.20 Å². The van der Waals surface area contributed by atoms with Crippen molar-refractivity contribution in [3.05, 3.63) is 6.20 Å². The molecule has 86 valence electrons. The third-order valence-corrected chi connectivity index (χ3v) is 2.83. The summed E-state index contributed by atoms with van der Waals surface area (Å²) in [6.07, 6.45) is 5.32. The number of nitrogens with one attached hydrogen (secondary N) is 1. The van der Waals surface area contributed by atoms with Crippen molar-refractivity contribution in [2.45, 2.75) is 46.1 Å². The summed E-state index contributed by atoms with van der Waals surface area (Å²) in [4.78, 5) is 2.34. The Morgan fingerprint density at radius 3 is 2.73 bits per heavy atom. The predicted octanol–water partition coefficient (Wildman–Crippen LogP) is 2.40. The summed E-state index contributed by atoms with van der Waals surface area (Å²) in [5.74, 6) is 0.673. The molecule has 0 aliphatic carbocycles. The second-order valence-corrected chi connectivity index (χ2v) is 3.97. The number of H-pyrrole nitrogens is 1. The maximum atomic E-state index is 5.85. The van der Waals surface area contributed by atoms with Crippen molar-refractivity contribution in [2.75, 3.05) is 17.2 Å². The molecule has 1 heterocycles. The highest BCUT2D eigenvalue weighted by Crippen LogP contribution is 2.23. The number of rotatable bonds is 6. The van der Waals surface area contributed by atoms with E-state index in [-0.39, 0.29) is 0 Å². The zero-order chi connectivity index (χ0) is 11.3. The van der Waals surface area contributed by atoms with Crippen LogP contribution in [0.1, 0.15) is 40.0 Å². The van der Waals surface area contributed by atoms with Gasteiger partial charge in [-0.15, -0.1) is 0 Å². The van der Waals surface area contributed by atoms with Crippen LogP contribution in [0.2, 0.25) is 0 Å². The van der Waals surface area contributed by atoms with Gasteiger partial charge >= 0.3 is 0 Å². The van der Waals surface area contributed by atoms with Crippen molar-refractivity contribution < 1.29 is 0 Å². The molecule has 0 aliphatic rings. The molecule has 0 bridgehead atoms. The third-order valence-electron chi connectivity index (χ3n) is 2.83. The van der Waals surface area contributed by atoms with Gasteiger partial charge in [-0.3, -0.25) is 5.10 Å². The first-order valence-corrected chi connectivity index (χ1v) is 5.76. The van der Waals surface area contributed by atoms with Crippen molar-refractivity contribution in [3.63, 3.8) is 0 Å². The lowest BCUT2D eigenvalue weighted by molar-refractivity contribution is 0.596. The van der Waals surface area contributed by atoms with Crippen LogP contribution < -0.4 is 10.6 Å². The van der Waals surface area contributed by atoms with Crippen LogP contribution in [-0.2, 0) is 0 Å². The molecule has 0 radical (unpaired) electrons. The molecular formula is C11H22N4. The molecule has 0 aromatic carbocycles. The average Bonchev–Trinajstić information content (AvgIpc) is 2.65. The van der Waals surface area contributed by atoms with Gasteiger partial charge in [0.05, 0.1) is 11.9 Å². The smallest absolute Gasteiger partial charge is 0.142 e. The van der Waals surface area contributed by atoms with E-state index in [1.807, 2.05) is 6.20 Å². The number of nitrogens with two attached hydrogens (primary N) is 1. The van der Waals surface area contributed by atoms with Crippen LogP contribution in [0.3, 0.4) is 0 Å². The SMILES string of the molecule is CCCCN(c1cn[nH]c1N)C(C)CC. The minimum atomic E-state index is 0.511. The Kier molecular flexibility index (Phi) is 4.46. The van der Waals surface area contributed by atoms with Crippen molar-refractivity contribution in [1.29, 1.82) is 0 Å². The molecule has 0 aliphatic heterocycles. The molecule has 0 saturated carbocycles. The summed E-state index contributed by atoms with van der Waals surface area (Å²) in [6.45, 7) is 7.67. The molecule has 1 unspecified atom stereocenters. The van der Waals surface area contributed by atoms with Gasteiger partial charge in [0, 0.05) is 12.6 Å². The summed E-state index contributed by atoms with van der Waals surface area (Å²) in [7, 11) is 0. The van der Waals surface area contributed by atoms with Crippen LogP contribution in [0.5, 0.6) is 0 Å². The zero-order valence-corrected chi connectivity index (χ0v) is 9.95. The lowest BCUT2D eigenvalue weighted by Crippen LogP contribution is -2.33. The molecule has 0 spiro atoms. The highest BCUT2D eigenvalue weighted by molar-refractivity contribution is 5.62. The van der Waals surface area contributed by atoms with Gasteiger partial charge in [-0.25, -0.2) is 0 Å². The first-order chi connectivity index (χ1) is 7.20. The standard InChI is InChI=1S/C11H22N4/c1-4-6-7-15(9(3)5-2)10-8-13-14-11(10)12/h8-9H,4-7H2,1-3H3,(H3,12,13,14). The summed E-state index contributed by atoms with van der Waals surface area (Å²) in [5.41, 5.74) is 6.89. The predicted molar refractivity (Wildman–Crippen MR) is 65.0 cm³/mol. The van der Waals surface area contributed by atoms with Crippen LogP contribution in [-0.4, -0.2) is 22.8 Å². The Labute approximate surface area is 91.8 Å². The summed E-state index contributed by atoms with van der Waals surface area (Å²) < 4.78 is 0. The van der Waals surface area contributed by atoms with Crippen molar-refractivity contribution in [1.82, 2.24) is 10.2 Å². The number of unbranched alkanes of at least 4 members (excludes halogenated alkanes) is 1. The fourth-order valence-corrected chi connectivity index (χ4v) is 1.65. The van der Waals surface area contributed by atoms with Crippen LogP contribution in [0, 0.1) is 0 Å². The van der Waals surface area contributed by atoms with E-state index >= 15 is 0 Å². The van der Waals surface area contributed by atoms with E-state index in [1.54, 1.807) is 0 Å². The van der Waals surface area contributed by atoms with Gasteiger partial charge in [0.1, 0.15) is 5.82 Å². The van der Waals surface area contributed by atoms with E-state index in [0.29, 0.717) is 11.9 Å². The number of aromatic amines is 1. The Morgan fingerprint density at radius 1 is 1.53 bits per heavy atom. The lowest BCUT2D eigenvalue weighted by Gasteiger charge is -2.29. The molecule has 4 heteroatoms. The normalized spacial score (nSPS) is 12.7. The zero-order valence-electron chi connectivity index (χ0n) is 9.95. The molecule has 0 fully saturated rings. The van der Waals surface area contributed by atoms with E-state index < -0.39 is 0 Å². The number of nitrogen functional groups attached to an aromatic ring is 1.